The van der Waals surface area contributed by atoms with Gasteiger partial charge in [-0.05, 0) is 78.1 Å². The van der Waals surface area contributed by atoms with Crippen LogP contribution in [-0.4, -0.2) is 13.7 Å². The number of ether oxygens (including phenoxy) is 1. The molecule has 0 spiro atoms. The molecule has 1 fully saturated rings. The Morgan fingerprint density at radius 2 is 1.41 bits per heavy atom. The molecule has 3 aromatic rings. The zero-order chi connectivity index (χ0) is 26.6. The summed E-state index contributed by atoms with van der Waals surface area (Å²) in [6, 6.07) is 10.5. The van der Waals surface area contributed by atoms with Gasteiger partial charge in [0.25, 0.3) is 0 Å². The fourth-order valence-electron chi connectivity index (χ4n) is 5.52. The smallest absolute Gasteiger partial charge is 0.385 e. The van der Waals surface area contributed by atoms with Gasteiger partial charge >= 0.3 is 6.18 Å². The summed E-state index contributed by atoms with van der Waals surface area (Å²) in [5, 5.41) is 1.25. The third-order valence-electron chi connectivity index (χ3n) is 7.70. The van der Waals surface area contributed by atoms with Crippen molar-refractivity contribution in [3.8, 4) is 0 Å². The van der Waals surface area contributed by atoms with Crippen molar-refractivity contribution in [2.75, 3.05) is 13.7 Å². The number of halogens is 6. The number of rotatable bonds is 9. The lowest BCUT2D eigenvalue weighted by molar-refractivity contribution is -0.142. The van der Waals surface area contributed by atoms with Crippen molar-refractivity contribution in [1.29, 1.82) is 0 Å². The van der Waals surface area contributed by atoms with E-state index in [1.165, 1.54) is 25.7 Å². The van der Waals surface area contributed by atoms with Crippen LogP contribution in [0.2, 0.25) is 0 Å². The molecule has 0 unspecified atom stereocenters. The molecule has 0 amide bonds. The molecule has 0 bridgehead atoms. The maximum absolute atomic E-state index is 15.2. The standard InChI is InChI=1S/C30H32F6O/c1-37-15-14-20-4-2-19(3-5-20)6-7-21-9-13-25-24(16-21)12-11-23(29(25)33)10-8-22-17-26(31)28(27(32)18-22)30(34,35)36/h9,11-13,16-20H,2-8,10,14-15H2,1H3. The van der Waals surface area contributed by atoms with Crippen LogP contribution in [0, 0.1) is 29.3 Å². The molecule has 7 heteroatoms. The summed E-state index contributed by atoms with van der Waals surface area (Å²) in [7, 11) is 1.75. The molecule has 0 heterocycles. The van der Waals surface area contributed by atoms with E-state index >= 15 is 4.39 Å². The van der Waals surface area contributed by atoms with Crippen LogP contribution in [0.5, 0.6) is 0 Å². The Balaban J connectivity index is 1.37. The average Bonchev–Trinajstić information content (AvgIpc) is 2.85. The fourth-order valence-corrected chi connectivity index (χ4v) is 5.52. The van der Waals surface area contributed by atoms with E-state index in [0.717, 1.165) is 42.7 Å². The number of hydrogen-bond donors (Lipinski definition) is 0. The molecule has 1 aliphatic carbocycles. The summed E-state index contributed by atoms with van der Waals surface area (Å²) in [6.45, 7) is 0.830. The van der Waals surface area contributed by atoms with Crippen molar-refractivity contribution >= 4 is 10.8 Å². The molecular weight excluding hydrogens is 490 g/mol. The first-order valence-electron chi connectivity index (χ1n) is 12.9. The number of alkyl halides is 3. The second-order valence-electron chi connectivity index (χ2n) is 10.2. The Kier molecular flexibility index (Phi) is 8.83. The Morgan fingerprint density at radius 3 is 2.03 bits per heavy atom. The van der Waals surface area contributed by atoms with Crippen LogP contribution in [-0.2, 0) is 30.2 Å². The lowest BCUT2D eigenvalue weighted by Gasteiger charge is -2.28. The van der Waals surface area contributed by atoms with Crippen molar-refractivity contribution in [3.05, 3.63) is 82.2 Å². The van der Waals surface area contributed by atoms with E-state index in [1.807, 2.05) is 18.2 Å². The number of hydrogen-bond acceptors (Lipinski definition) is 1. The molecule has 37 heavy (non-hydrogen) atoms. The van der Waals surface area contributed by atoms with Gasteiger partial charge in [-0.1, -0.05) is 56.0 Å². The number of fused-ring (bicyclic) bond motifs is 1. The zero-order valence-electron chi connectivity index (χ0n) is 20.9. The minimum absolute atomic E-state index is 0.0141. The van der Waals surface area contributed by atoms with Gasteiger partial charge in [-0.15, -0.1) is 0 Å². The molecule has 200 valence electrons. The topological polar surface area (TPSA) is 9.23 Å². The van der Waals surface area contributed by atoms with Gasteiger partial charge in [0.15, 0.2) is 0 Å². The van der Waals surface area contributed by atoms with Crippen molar-refractivity contribution in [3.63, 3.8) is 0 Å². The molecular formula is C30H32F6O. The van der Waals surface area contributed by atoms with E-state index in [9.17, 15) is 22.0 Å². The van der Waals surface area contributed by atoms with Gasteiger partial charge in [0.1, 0.15) is 23.0 Å². The highest BCUT2D eigenvalue weighted by Gasteiger charge is 2.37. The van der Waals surface area contributed by atoms with Gasteiger partial charge in [-0.3, -0.25) is 0 Å². The Bertz CT molecular complexity index is 1190. The van der Waals surface area contributed by atoms with Crippen LogP contribution in [0.3, 0.4) is 0 Å². The largest absolute Gasteiger partial charge is 0.422 e. The molecule has 1 aliphatic rings. The van der Waals surface area contributed by atoms with Crippen LogP contribution in [0.15, 0.2) is 42.5 Å². The van der Waals surface area contributed by atoms with E-state index in [4.69, 9.17) is 4.74 Å². The highest BCUT2D eigenvalue weighted by molar-refractivity contribution is 5.84. The molecule has 3 aromatic carbocycles. The van der Waals surface area contributed by atoms with Gasteiger partial charge in [-0.25, -0.2) is 13.2 Å². The first-order chi connectivity index (χ1) is 17.7. The highest BCUT2D eigenvalue weighted by atomic mass is 19.4. The third kappa shape index (κ3) is 6.86. The first kappa shape index (κ1) is 27.5. The summed E-state index contributed by atoms with van der Waals surface area (Å²) < 4.78 is 86.4. The molecule has 0 aliphatic heterocycles. The summed E-state index contributed by atoms with van der Waals surface area (Å²) in [5.41, 5.74) is -0.340. The molecule has 0 radical (unpaired) electrons. The fraction of sp³-hybridized carbons (Fsp3) is 0.467. The summed E-state index contributed by atoms with van der Waals surface area (Å²) in [5.74, 6) is -2.24. The lowest BCUT2D eigenvalue weighted by atomic mass is 9.78. The SMILES string of the molecule is COCCC1CCC(CCc2ccc3c(F)c(CCc4cc(F)c(C(F)(F)F)c(F)c4)ccc3c2)CC1. The minimum Gasteiger partial charge on any atom is -0.385 e. The average molecular weight is 523 g/mol. The van der Waals surface area contributed by atoms with Crippen molar-refractivity contribution < 1.29 is 31.1 Å². The Labute approximate surface area is 213 Å². The quantitative estimate of drug-likeness (QED) is 0.255. The Morgan fingerprint density at radius 1 is 0.757 bits per heavy atom. The van der Waals surface area contributed by atoms with Gasteiger partial charge < -0.3 is 4.74 Å². The summed E-state index contributed by atoms with van der Waals surface area (Å²) in [4.78, 5) is 0. The number of methoxy groups -OCH3 is 1. The van der Waals surface area contributed by atoms with Crippen LogP contribution in [0.4, 0.5) is 26.3 Å². The van der Waals surface area contributed by atoms with Gasteiger partial charge in [0.05, 0.1) is 0 Å². The molecule has 0 saturated heterocycles. The van der Waals surface area contributed by atoms with E-state index in [1.54, 1.807) is 19.2 Å². The summed E-state index contributed by atoms with van der Waals surface area (Å²) in [6.07, 6.45) is 3.21. The second-order valence-corrected chi connectivity index (χ2v) is 10.2. The normalized spacial score (nSPS) is 18.5. The first-order valence-corrected chi connectivity index (χ1v) is 12.9. The van der Waals surface area contributed by atoms with Crippen molar-refractivity contribution in [2.24, 2.45) is 11.8 Å². The summed E-state index contributed by atoms with van der Waals surface area (Å²) >= 11 is 0. The molecule has 0 atom stereocenters. The van der Waals surface area contributed by atoms with E-state index in [0.29, 0.717) is 29.0 Å². The number of aryl methyl sites for hydroxylation is 3. The van der Waals surface area contributed by atoms with Crippen molar-refractivity contribution in [1.82, 2.24) is 0 Å². The third-order valence-corrected chi connectivity index (χ3v) is 7.70. The van der Waals surface area contributed by atoms with E-state index in [-0.39, 0.29) is 18.4 Å². The predicted octanol–water partition coefficient (Wildman–Crippen LogP) is 8.84. The van der Waals surface area contributed by atoms with Gasteiger partial charge in [0.2, 0.25) is 0 Å². The maximum atomic E-state index is 15.2. The maximum Gasteiger partial charge on any atom is 0.422 e. The molecule has 1 nitrogen and oxygen atoms in total. The van der Waals surface area contributed by atoms with Crippen LogP contribution in [0.1, 0.15) is 60.8 Å². The highest BCUT2D eigenvalue weighted by Crippen LogP contribution is 2.35. The molecule has 0 aromatic heterocycles. The van der Waals surface area contributed by atoms with Crippen LogP contribution < -0.4 is 0 Å². The predicted molar refractivity (Wildman–Crippen MR) is 133 cm³/mol. The molecule has 1 saturated carbocycles. The van der Waals surface area contributed by atoms with E-state index < -0.39 is 29.2 Å². The molecule has 4 rings (SSSR count). The van der Waals surface area contributed by atoms with Gasteiger partial charge in [-0.2, -0.15) is 13.2 Å². The van der Waals surface area contributed by atoms with E-state index in [2.05, 4.69) is 0 Å². The second kappa shape index (κ2) is 11.9. The number of benzene rings is 3. The van der Waals surface area contributed by atoms with Crippen LogP contribution >= 0.6 is 0 Å². The molecule has 0 N–H and O–H groups in total. The zero-order valence-corrected chi connectivity index (χ0v) is 20.9. The Hall–Kier alpha value is -2.54. The van der Waals surface area contributed by atoms with Gasteiger partial charge in [0, 0.05) is 19.1 Å². The minimum atomic E-state index is -5.11. The monoisotopic (exact) mass is 522 g/mol. The van der Waals surface area contributed by atoms with Crippen molar-refractivity contribution in [2.45, 2.75) is 64.0 Å². The lowest BCUT2D eigenvalue weighted by Crippen LogP contribution is -2.16. The van der Waals surface area contributed by atoms with Crippen LogP contribution in [0.25, 0.3) is 10.8 Å².